The zero-order valence-electron chi connectivity index (χ0n) is 16.6. The zero-order valence-corrected chi connectivity index (χ0v) is 17.4. The van der Waals surface area contributed by atoms with Gasteiger partial charge in [0, 0.05) is 6.04 Å². The Labute approximate surface area is 171 Å². The third kappa shape index (κ3) is 5.69. The maximum Gasteiger partial charge on any atom is 0.408 e. The van der Waals surface area contributed by atoms with E-state index in [0.29, 0.717) is 5.92 Å². The summed E-state index contributed by atoms with van der Waals surface area (Å²) < 4.78 is 32.0. The predicted molar refractivity (Wildman–Crippen MR) is 108 cm³/mol. The van der Waals surface area contributed by atoms with Gasteiger partial charge in [0.2, 0.25) is 10.0 Å². The van der Waals surface area contributed by atoms with Crippen LogP contribution in [0.15, 0.2) is 30.3 Å². The van der Waals surface area contributed by atoms with Crippen LogP contribution in [0, 0.1) is 0 Å². The fourth-order valence-corrected chi connectivity index (χ4v) is 5.41. The number of benzene rings is 1. The number of sulfonamides is 1. The van der Waals surface area contributed by atoms with Gasteiger partial charge in [0.1, 0.15) is 0 Å². The van der Waals surface area contributed by atoms with Gasteiger partial charge in [-0.05, 0) is 43.6 Å². The number of aliphatic hydroxyl groups is 1. The van der Waals surface area contributed by atoms with E-state index in [-0.39, 0.29) is 25.7 Å². The fraction of sp³-hybridized carbons (Fsp3) is 0.650. The van der Waals surface area contributed by atoms with Crippen LogP contribution in [0.3, 0.4) is 0 Å². The number of aliphatic hydroxyl groups excluding tert-OH is 1. The van der Waals surface area contributed by atoms with Crippen molar-refractivity contribution in [2.45, 2.75) is 62.3 Å². The van der Waals surface area contributed by atoms with Crippen LogP contribution >= 0.6 is 0 Å². The number of hydrogen-bond donors (Lipinski definition) is 3. The van der Waals surface area contributed by atoms with E-state index in [9.17, 15) is 23.4 Å². The third-order valence-electron chi connectivity index (χ3n) is 5.99. The van der Waals surface area contributed by atoms with Gasteiger partial charge in [-0.2, -0.15) is 0 Å². The summed E-state index contributed by atoms with van der Waals surface area (Å²) in [5, 5.41) is 19.1. The molecule has 3 atom stereocenters. The first kappa shape index (κ1) is 22.0. The highest BCUT2D eigenvalue weighted by molar-refractivity contribution is 7.88. The molecule has 1 aliphatic carbocycles. The van der Waals surface area contributed by atoms with Crippen LogP contribution in [-0.2, 0) is 14.8 Å². The quantitative estimate of drug-likeness (QED) is 0.612. The monoisotopic (exact) mass is 426 g/mol. The van der Waals surface area contributed by atoms with E-state index >= 15 is 0 Å². The van der Waals surface area contributed by atoms with Gasteiger partial charge in [0.25, 0.3) is 0 Å². The van der Waals surface area contributed by atoms with Crippen molar-refractivity contribution in [3.63, 3.8) is 0 Å². The minimum Gasteiger partial charge on any atom is -0.465 e. The summed E-state index contributed by atoms with van der Waals surface area (Å²) in [5.41, 5.74) is 1.34. The number of nitrogens with one attached hydrogen (secondary N) is 1. The largest absolute Gasteiger partial charge is 0.465 e. The van der Waals surface area contributed by atoms with Crippen LogP contribution in [0.25, 0.3) is 0 Å². The topological polar surface area (TPSA) is 116 Å². The molecule has 1 saturated heterocycles. The Morgan fingerprint density at radius 3 is 2.41 bits per heavy atom. The molecule has 9 heteroatoms. The number of carbonyl (C=O) groups is 1. The van der Waals surface area contributed by atoms with E-state index in [2.05, 4.69) is 16.9 Å². The van der Waals surface area contributed by atoms with Crippen LogP contribution in [-0.4, -0.2) is 73.3 Å². The fourth-order valence-electron chi connectivity index (χ4n) is 4.61. The van der Waals surface area contributed by atoms with Gasteiger partial charge in [-0.1, -0.05) is 30.3 Å². The Kier molecular flexibility index (Phi) is 7.15. The molecule has 1 saturated carbocycles. The normalized spacial score (nSPS) is 30.4. The number of carboxylic acid groups (broad SMARTS) is 1. The number of amides is 1. The second-order valence-corrected chi connectivity index (χ2v) is 9.82. The number of nitrogens with zero attached hydrogens (tertiary/aromatic N) is 1. The molecule has 3 N–H and O–H groups in total. The molecule has 1 heterocycles. The molecule has 1 amide bonds. The molecular formula is C20H30N2O6S. The van der Waals surface area contributed by atoms with E-state index in [1.807, 2.05) is 18.2 Å². The van der Waals surface area contributed by atoms with E-state index in [1.165, 1.54) is 5.56 Å². The van der Waals surface area contributed by atoms with E-state index in [0.717, 1.165) is 36.8 Å². The van der Waals surface area contributed by atoms with Crippen molar-refractivity contribution in [3.05, 3.63) is 35.9 Å². The molecule has 0 radical (unpaired) electrons. The van der Waals surface area contributed by atoms with Crippen molar-refractivity contribution in [1.29, 1.82) is 0 Å². The van der Waals surface area contributed by atoms with Gasteiger partial charge in [0.05, 0.1) is 37.7 Å². The van der Waals surface area contributed by atoms with Gasteiger partial charge in [-0.15, -0.1) is 0 Å². The van der Waals surface area contributed by atoms with Crippen molar-refractivity contribution in [2.24, 2.45) is 0 Å². The Balaban J connectivity index is 1.60. The number of ether oxygens (including phenoxy) is 1. The zero-order chi connectivity index (χ0) is 21.0. The van der Waals surface area contributed by atoms with Gasteiger partial charge in [-0.3, -0.25) is 4.90 Å². The van der Waals surface area contributed by atoms with E-state index in [1.54, 1.807) is 0 Å². The first-order chi connectivity index (χ1) is 13.8. The summed E-state index contributed by atoms with van der Waals surface area (Å²) in [7, 11) is -3.51. The lowest BCUT2D eigenvalue weighted by Crippen LogP contribution is -2.50. The number of hydrogen-bond acceptors (Lipinski definition) is 5. The molecule has 0 spiro atoms. The van der Waals surface area contributed by atoms with Crippen molar-refractivity contribution < 1.29 is 28.2 Å². The minimum absolute atomic E-state index is 0.0256. The molecule has 1 aromatic carbocycles. The molecule has 8 nitrogen and oxygen atoms in total. The smallest absolute Gasteiger partial charge is 0.408 e. The Bertz CT molecular complexity index is 779. The molecule has 3 unspecified atom stereocenters. The molecule has 2 aliphatic rings. The molecular weight excluding hydrogens is 396 g/mol. The lowest BCUT2D eigenvalue weighted by molar-refractivity contribution is -0.0100. The van der Waals surface area contributed by atoms with Crippen LogP contribution in [0.2, 0.25) is 0 Å². The number of likely N-dealkylation sites (tertiary alicyclic amines) is 1. The molecule has 1 aliphatic heterocycles. The predicted octanol–water partition coefficient (Wildman–Crippen LogP) is 1.76. The van der Waals surface area contributed by atoms with E-state index in [4.69, 9.17) is 4.74 Å². The molecule has 3 rings (SSSR count). The highest BCUT2D eigenvalue weighted by Crippen LogP contribution is 2.34. The molecule has 29 heavy (non-hydrogen) atoms. The van der Waals surface area contributed by atoms with Crippen LogP contribution in [0.4, 0.5) is 4.79 Å². The first-order valence-corrected chi connectivity index (χ1v) is 11.9. The molecule has 1 aromatic rings. The molecule has 2 fully saturated rings. The Hall–Kier alpha value is -1.68. The van der Waals surface area contributed by atoms with Gasteiger partial charge < -0.3 is 14.9 Å². The van der Waals surface area contributed by atoms with Gasteiger partial charge in [0.15, 0.2) is 0 Å². The third-order valence-corrected chi connectivity index (χ3v) is 6.72. The SMILES string of the molecule is CS(=O)(=O)NC1CC(CO)N(C(=O)O)C1COC1CCC(c2ccccc2)CC1. The first-order valence-electron chi connectivity index (χ1n) is 10.0. The van der Waals surface area contributed by atoms with Crippen molar-refractivity contribution in [3.8, 4) is 0 Å². The Morgan fingerprint density at radius 2 is 1.86 bits per heavy atom. The summed E-state index contributed by atoms with van der Waals surface area (Å²) >= 11 is 0. The van der Waals surface area contributed by atoms with Crippen LogP contribution < -0.4 is 4.72 Å². The van der Waals surface area contributed by atoms with Gasteiger partial charge >= 0.3 is 6.09 Å². The lowest BCUT2D eigenvalue weighted by atomic mass is 9.83. The summed E-state index contributed by atoms with van der Waals surface area (Å²) in [5.74, 6) is 0.511. The highest BCUT2D eigenvalue weighted by atomic mass is 32.2. The summed E-state index contributed by atoms with van der Waals surface area (Å²) in [6.07, 6.45) is 3.90. The highest BCUT2D eigenvalue weighted by Gasteiger charge is 2.45. The average molecular weight is 427 g/mol. The Morgan fingerprint density at radius 1 is 1.21 bits per heavy atom. The minimum atomic E-state index is -3.51. The second-order valence-electron chi connectivity index (χ2n) is 8.04. The van der Waals surface area contributed by atoms with Crippen LogP contribution in [0.5, 0.6) is 0 Å². The van der Waals surface area contributed by atoms with Crippen molar-refractivity contribution in [2.75, 3.05) is 19.5 Å². The second kappa shape index (κ2) is 9.42. The summed E-state index contributed by atoms with van der Waals surface area (Å²) in [4.78, 5) is 12.9. The molecule has 162 valence electrons. The maximum absolute atomic E-state index is 11.7. The average Bonchev–Trinajstić information content (AvgIpc) is 3.03. The van der Waals surface area contributed by atoms with Crippen molar-refractivity contribution in [1.82, 2.24) is 9.62 Å². The lowest BCUT2D eigenvalue weighted by Gasteiger charge is -2.32. The maximum atomic E-state index is 11.7. The van der Waals surface area contributed by atoms with Crippen molar-refractivity contribution >= 4 is 16.1 Å². The van der Waals surface area contributed by atoms with Gasteiger partial charge in [-0.25, -0.2) is 17.9 Å². The summed E-state index contributed by atoms with van der Waals surface area (Å²) in [6.45, 7) is -0.246. The number of rotatable bonds is 7. The summed E-state index contributed by atoms with van der Waals surface area (Å²) in [6, 6.07) is 8.47. The van der Waals surface area contributed by atoms with Crippen LogP contribution in [0.1, 0.15) is 43.6 Å². The molecule has 0 bridgehead atoms. The molecule has 0 aromatic heterocycles. The van der Waals surface area contributed by atoms with E-state index < -0.39 is 34.2 Å². The standard InChI is InChI=1S/C20H30N2O6S/c1-29(26,27)21-18-11-16(12-23)22(20(24)25)19(18)13-28-17-9-7-15(8-10-17)14-5-3-2-4-6-14/h2-6,15-19,21,23H,7-13H2,1H3,(H,24,25).